The number of aryl methyl sites for hydroxylation is 1. The summed E-state index contributed by atoms with van der Waals surface area (Å²) >= 11 is 0. The minimum absolute atomic E-state index is 0.810. The van der Waals surface area contributed by atoms with E-state index in [1.165, 1.54) is 24.2 Å². The van der Waals surface area contributed by atoms with Gasteiger partial charge in [0.1, 0.15) is 5.82 Å². The van der Waals surface area contributed by atoms with E-state index in [9.17, 15) is 0 Å². The molecule has 4 nitrogen and oxygen atoms in total. The molecule has 0 aliphatic carbocycles. The van der Waals surface area contributed by atoms with E-state index in [0.717, 1.165) is 24.6 Å². The number of rotatable bonds is 1. The highest BCUT2D eigenvalue weighted by Crippen LogP contribution is 2.26. The van der Waals surface area contributed by atoms with Gasteiger partial charge in [0.2, 0.25) is 5.78 Å². The van der Waals surface area contributed by atoms with Gasteiger partial charge in [-0.25, -0.2) is 9.97 Å². The second kappa shape index (κ2) is 3.47. The molecule has 4 heteroatoms. The molecule has 3 heterocycles. The van der Waals surface area contributed by atoms with Crippen LogP contribution in [0.15, 0.2) is 12.4 Å². The molecule has 0 bridgehead atoms. The van der Waals surface area contributed by atoms with Crippen molar-refractivity contribution in [1.29, 1.82) is 0 Å². The molecule has 0 aromatic carbocycles. The van der Waals surface area contributed by atoms with Gasteiger partial charge < -0.3 is 4.90 Å². The van der Waals surface area contributed by atoms with Crippen molar-refractivity contribution in [3.63, 3.8) is 0 Å². The summed E-state index contributed by atoms with van der Waals surface area (Å²) in [5.74, 6) is 2.09. The fourth-order valence-corrected chi connectivity index (χ4v) is 2.44. The summed E-state index contributed by atoms with van der Waals surface area (Å²) in [6, 6.07) is 0. The molecule has 84 valence electrons. The average molecular weight is 216 g/mol. The lowest BCUT2D eigenvalue weighted by Gasteiger charge is -2.22. The van der Waals surface area contributed by atoms with Gasteiger partial charge in [0.15, 0.2) is 0 Å². The molecule has 0 amide bonds. The highest BCUT2D eigenvalue weighted by molar-refractivity contribution is 5.55. The number of aromatic nitrogens is 3. The van der Waals surface area contributed by atoms with Crippen LogP contribution in [0.2, 0.25) is 0 Å². The lowest BCUT2D eigenvalue weighted by atomic mass is 10.2. The Morgan fingerprint density at radius 1 is 1.19 bits per heavy atom. The lowest BCUT2D eigenvalue weighted by Crippen LogP contribution is -2.22. The maximum Gasteiger partial charge on any atom is 0.235 e. The predicted octanol–water partition coefficient (Wildman–Crippen LogP) is 1.95. The summed E-state index contributed by atoms with van der Waals surface area (Å²) < 4.78 is 2.10. The highest BCUT2D eigenvalue weighted by Gasteiger charge is 2.19. The maximum absolute atomic E-state index is 4.49. The first-order valence-corrected chi connectivity index (χ1v) is 5.82. The van der Waals surface area contributed by atoms with E-state index in [1.54, 1.807) is 0 Å². The van der Waals surface area contributed by atoms with Gasteiger partial charge in [-0.05, 0) is 26.7 Å². The monoisotopic (exact) mass is 216 g/mol. The van der Waals surface area contributed by atoms with E-state index in [1.807, 2.05) is 12.4 Å². The Balaban J connectivity index is 2.26. The van der Waals surface area contributed by atoms with Gasteiger partial charge in [-0.3, -0.25) is 4.40 Å². The molecule has 1 aliphatic rings. The topological polar surface area (TPSA) is 33.4 Å². The van der Waals surface area contributed by atoms with Gasteiger partial charge in [0.05, 0.1) is 0 Å². The van der Waals surface area contributed by atoms with Crippen LogP contribution in [0.1, 0.15) is 24.1 Å². The van der Waals surface area contributed by atoms with Crippen molar-refractivity contribution in [3.05, 3.63) is 23.7 Å². The van der Waals surface area contributed by atoms with Gasteiger partial charge in [0.25, 0.3) is 0 Å². The SMILES string of the molecule is Cc1nc2nccn2c(N2CCCC2)c1C. The van der Waals surface area contributed by atoms with E-state index >= 15 is 0 Å². The van der Waals surface area contributed by atoms with Crippen LogP contribution in [0.25, 0.3) is 5.78 Å². The van der Waals surface area contributed by atoms with E-state index in [0.29, 0.717) is 0 Å². The van der Waals surface area contributed by atoms with Crippen LogP contribution >= 0.6 is 0 Å². The maximum atomic E-state index is 4.49. The summed E-state index contributed by atoms with van der Waals surface area (Å²) in [5.41, 5.74) is 2.35. The lowest BCUT2D eigenvalue weighted by molar-refractivity contribution is 0.888. The smallest absolute Gasteiger partial charge is 0.235 e. The molecular formula is C12H16N4. The fourth-order valence-electron chi connectivity index (χ4n) is 2.44. The van der Waals surface area contributed by atoms with E-state index < -0.39 is 0 Å². The first-order chi connectivity index (χ1) is 7.77. The Morgan fingerprint density at radius 2 is 1.94 bits per heavy atom. The van der Waals surface area contributed by atoms with E-state index in [2.05, 4.69) is 33.1 Å². The molecule has 3 rings (SSSR count). The van der Waals surface area contributed by atoms with Crippen molar-refractivity contribution in [2.45, 2.75) is 26.7 Å². The van der Waals surface area contributed by atoms with Crippen molar-refractivity contribution in [2.75, 3.05) is 18.0 Å². The molecule has 1 saturated heterocycles. The highest BCUT2D eigenvalue weighted by atomic mass is 15.3. The first-order valence-electron chi connectivity index (χ1n) is 5.82. The summed E-state index contributed by atoms with van der Waals surface area (Å²) in [6.45, 7) is 6.51. The van der Waals surface area contributed by atoms with Crippen LogP contribution in [0.3, 0.4) is 0 Å². The number of fused-ring (bicyclic) bond motifs is 1. The van der Waals surface area contributed by atoms with Crippen molar-refractivity contribution >= 4 is 11.6 Å². The number of imidazole rings is 1. The third kappa shape index (κ3) is 1.29. The zero-order valence-corrected chi connectivity index (χ0v) is 9.77. The van der Waals surface area contributed by atoms with Crippen LogP contribution in [-0.2, 0) is 0 Å². The van der Waals surface area contributed by atoms with Crippen molar-refractivity contribution in [3.8, 4) is 0 Å². The Bertz CT molecular complexity index is 523. The van der Waals surface area contributed by atoms with Crippen LogP contribution in [-0.4, -0.2) is 27.5 Å². The van der Waals surface area contributed by atoms with Gasteiger partial charge in [-0.1, -0.05) is 0 Å². The fraction of sp³-hybridized carbons (Fsp3) is 0.500. The zero-order chi connectivity index (χ0) is 11.1. The third-order valence-corrected chi connectivity index (χ3v) is 3.40. The molecule has 0 radical (unpaired) electrons. The molecule has 0 spiro atoms. The second-order valence-electron chi connectivity index (χ2n) is 4.44. The third-order valence-electron chi connectivity index (χ3n) is 3.40. The van der Waals surface area contributed by atoms with Crippen molar-refractivity contribution in [1.82, 2.24) is 14.4 Å². The summed E-state index contributed by atoms with van der Waals surface area (Å²) in [7, 11) is 0. The molecule has 16 heavy (non-hydrogen) atoms. The van der Waals surface area contributed by atoms with Gasteiger partial charge in [0, 0.05) is 36.7 Å². The van der Waals surface area contributed by atoms with Crippen molar-refractivity contribution in [2.24, 2.45) is 0 Å². The number of nitrogens with zero attached hydrogens (tertiary/aromatic N) is 4. The zero-order valence-electron chi connectivity index (χ0n) is 9.77. The predicted molar refractivity (Wildman–Crippen MR) is 63.9 cm³/mol. The van der Waals surface area contributed by atoms with Gasteiger partial charge in [-0.2, -0.15) is 0 Å². The second-order valence-corrected chi connectivity index (χ2v) is 4.44. The Hall–Kier alpha value is -1.58. The number of hydrogen-bond acceptors (Lipinski definition) is 3. The van der Waals surface area contributed by atoms with Crippen LogP contribution in [0, 0.1) is 13.8 Å². The van der Waals surface area contributed by atoms with Crippen LogP contribution in [0.4, 0.5) is 5.82 Å². The molecule has 0 unspecified atom stereocenters. The normalized spacial score (nSPS) is 16.2. The van der Waals surface area contributed by atoms with Crippen LogP contribution in [0.5, 0.6) is 0 Å². The Morgan fingerprint density at radius 3 is 2.69 bits per heavy atom. The molecule has 1 fully saturated rings. The Kier molecular flexibility index (Phi) is 2.09. The standard InChI is InChI=1S/C12H16N4/c1-9-10(2)14-12-13-5-8-16(12)11(9)15-6-3-4-7-15/h5,8H,3-4,6-7H2,1-2H3. The molecule has 0 N–H and O–H groups in total. The van der Waals surface area contributed by atoms with Crippen LogP contribution < -0.4 is 4.90 Å². The quantitative estimate of drug-likeness (QED) is 0.730. The molecule has 0 atom stereocenters. The molecule has 2 aromatic heterocycles. The summed E-state index contributed by atoms with van der Waals surface area (Å²) in [5, 5.41) is 0. The molecule has 2 aromatic rings. The number of anilines is 1. The minimum atomic E-state index is 0.810. The number of hydrogen-bond donors (Lipinski definition) is 0. The molecular weight excluding hydrogens is 200 g/mol. The molecule has 1 aliphatic heterocycles. The van der Waals surface area contributed by atoms with E-state index in [4.69, 9.17) is 0 Å². The minimum Gasteiger partial charge on any atom is -0.357 e. The largest absolute Gasteiger partial charge is 0.357 e. The summed E-state index contributed by atoms with van der Waals surface area (Å²) in [4.78, 5) is 11.2. The average Bonchev–Trinajstić information content (AvgIpc) is 2.89. The first kappa shape index (κ1) is 9.63. The van der Waals surface area contributed by atoms with Gasteiger partial charge >= 0.3 is 0 Å². The van der Waals surface area contributed by atoms with E-state index in [-0.39, 0.29) is 0 Å². The Labute approximate surface area is 94.9 Å². The molecule has 0 saturated carbocycles. The van der Waals surface area contributed by atoms with Gasteiger partial charge in [-0.15, -0.1) is 0 Å². The van der Waals surface area contributed by atoms with Crippen molar-refractivity contribution < 1.29 is 0 Å². The summed E-state index contributed by atoms with van der Waals surface area (Å²) in [6.07, 6.45) is 6.40.